The minimum absolute atomic E-state index is 0.0329. The molecule has 1 aromatic carbocycles. The van der Waals surface area contributed by atoms with E-state index < -0.39 is 43.2 Å². The summed E-state index contributed by atoms with van der Waals surface area (Å²) in [5, 5.41) is 20.2. The van der Waals surface area contributed by atoms with Crippen molar-refractivity contribution >= 4 is 21.4 Å². The number of nitro groups is 1. The van der Waals surface area contributed by atoms with E-state index in [1.807, 2.05) is 0 Å². The van der Waals surface area contributed by atoms with Gasteiger partial charge in [-0.2, -0.15) is 0 Å². The van der Waals surface area contributed by atoms with Gasteiger partial charge in [-0.1, -0.05) is 0 Å². The summed E-state index contributed by atoms with van der Waals surface area (Å²) in [6.45, 7) is 0. The van der Waals surface area contributed by atoms with E-state index in [4.69, 9.17) is 5.73 Å². The fourth-order valence-electron chi connectivity index (χ4n) is 3.07. The number of non-ortho nitro benzene ring substituents is 1. The Balaban J connectivity index is 2.05. The molecule has 8 nitrogen and oxygen atoms in total. The molecule has 3 rings (SSSR count). The average Bonchev–Trinajstić information content (AvgIpc) is 2.41. The number of amidine groups is 1. The first-order valence-corrected chi connectivity index (χ1v) is 8.49. The van der Waals surface area contributed by atoms with Crippen molar-refractivity contribution < 1.29 is 22.8 Å². The minimum atomic E-state index is -3.77. The van der Waals surface area contributed by atoms with Gasteiger partial charge in [0.15, 0.2) is 9.84 Å². The number of rotatable bonds is 2. The number of aliphatic imine (C=N–C) groups is 1. The summed E-state index contributed by atoms with van der Waals surface area (Å²) in [6.07, 6.45) is -0.825. The van der Waals surface area contributed by atoms with Crippen molar-refractivity contribution in [1.29, 1.82) is 0 Å². The molecule has 1 atom stereocenters. The van der Waals surface area contributed by atoms with Crippen LogP contribution in [0.15, 0.2) is 23.2 Å². The highest BCUT2D eigenvalue weighted by Crippen LogP contribution is 2.45. The van der Waals surface area contributed by atoms with Crippen LogP contribution < -0.4 is 5.73 Å². The molecule has 10 heteroatoms. The van der Waals surface area contributed by atoms with Crippen LogP contribution in [0.4, 0.5) is 10.1 Å². The van der Waals surface area contributed by atoms with Gasteiger partial charge in [-0.15, -0.1) is 0 Å². The Morgan fingerprint density at radius 3 is 2.61 bits per heavy atom. The number of nitrogens with zero attached hydrogens (tertiary/aromatic N) is 2. The summed E-state index contributed by atoms with van der Waals surface area (Å²) in [7, 11) is -3.77. The van der Waals surface area contributed by atoms with Gasteiger partial charge in [0.1, 0.15) is 16.4 Å². The second-order valence-electron chi connectivity index (χ2n) is 5.83. The van der Waals surface area contributed by atoms with E-state index in [1.165, 1.54) is 0 Å². The number of sulfone groups is 1. The van der Waals surface area contributed by atoms with Gasteiger partial charge in [0.2, 0.25) is 0 Å². The lowest BCUT2D eigenvalue weighted by atomic mass is 9.80. The van der Waals surface area contributed by atoms with Gasteiger partial charge < -0.3 is 10.8 Å². The van der Waals surface area contributed by atoms with E-state index >= 15 is 0 Å². The summed E-state index contributed by atoms with van der Waals surface area (Å²) in [4.78, 5) is 14.2. The average molecular weight is 343 g/mol. The van der Waals surface area contributed by atoms with Gasteiger partial charge in [0.05, 0.1) is 22.8 Å². The molecule has 2 aliphatic rings. The molecule has 1 heterocycles. The number of benzene rings is 1. The van der Waals surface area contributed by atoms with Crippen molar-refractivity contribution in [2.24, 2.45) is 10.7 Å². The molecule has 1 aliphatic carbocycles. The molecule has 1 spiro atoms. The van der Waals surface area contributed by atoms with Crippen LogP contribution in [0, 0.1) is 15.9 Å². The Morgan fingerprint density at radius 2 is 2.09 bits per heavy atom. The van der Waals surface area contributed by atoms with Crippen molar-refractivity contribution in [3.63, 3.8) is 0 Å². The van der Waals surface area contributed by atoms with Crippen molar-refractivity contribution in [2.45, 2.75) is 29.7 Å². The third-order valence-corrected chi connectivity index (χ3v) is 6.90. The maximum atomic E-state index is 14.0. The van der Waals surface area contributed by atoms with E-state index in [0.717, 1.165) is 18.2 Å². The fraction of sp³-hybridized carbons (Fsp3) is 0.462. The highest BCUT2D eigenvalue weighted by atomic mass is 32.2. The fourth-order valence-corrected chi connectivity index (χ4v) is 5.33. The Labute approximate surface area is 130 Å². The molecule has 1 saturated carbocycles. The largest absolute Gasteiger partial charge is 0.393 e. The molecule has 1 aliphatic heterocycles. The van der Waals surface area contributed by atoms with Gasteiger partial charge in [0.25, 0.3) is 5.69 Å². The zero-order valence-corrected chi connectivity index (χ0v) is 12.7. The van der Waals surface area contributed by atoms with E-state index in [1.54, 1.807) is 0 Å². The molecule has 23 heavy (non-hydrogen) atoms. The number of nitrogens with two attached hydrogens (primary N) is 1. The minimum Gasteiger partial charge on any atom is -0.393 e. The van der Waals surface area contributed by atoms with Gasteiger partial charge >= 0.3 is 0 Å². The Morgan fingerprint density at radius 1 is 1.43 bits per heavy atom. The Bertz CT molecular complexity index is 817. The van der Waals surface area contributed by atoms with Crippen molar-refractivity contribution in [2.75, 3.05) is 5.75 Å². The molecule has 3 N–H and O–H groups in total. The highest BCUT2D eigenvalue weighted by molar-refractivity contribution is 7.93. The number of nitro benzene ring substituents is 1. The summed E-state index contributed by atoms with van der Waals surface area (Å²) >= 11 is 0. The summed E-state index contributed by atoms with van der Waals surface area (Å²) in [5.41, 5.74) is 5.26. The maximum absolute atomic E-state index is 14.0. The van der Waals surface area contributed by atoms with Crippen LogP contribution >= 0.6 is 0 Å². The van der Waals surface area contributed by atoms with Crippen LogP contribution in [-0.2, 0) is 9.84 Å². The smallest absolute Gasteiger partial charge is 0.269 e. The normalized spacial score (nSPS) is 32.2. The monoisotopic (exact) mass is 343 g/mol. The number of aliphatic hydroxyl groups is 1. The molecule has 0 saturated heterocycles. The van der Waals surface area contributed by atoms with Crippen molar-refractivity contribution in [3.8, 4) is 0 Å². The SMILES string of the molecule is NC1=N[C@H](c2cc([N+](=O)[O-])ccc2F)CS(=O)(=O)C12CC(O)C2. The number of hydrogen-bond donors (Lipinski definition) is 2. The van der Waals surface area contributed by atoms with Crippen LogP contribution in [0.3, 0.4) is 0 Å². The molecule has 0 amide bonds. The number of hydrogen-bond acceptors (Lipinski definition) is 7. The quantitative estimate of drug-likeness (QED) is 0.591. The predicted octanol–water partition coefficient (Wildman–Crippen LogP) is 0.454. The molecule has 1 aromatic rings. The molecule has 124 valence electrons. The summed E-state index contributed by atoms with van der Waals surface area (Å²) in [6, 6.07) is 1.74. The summed E-state index contributed by atoms with van der Waals surface area (Å²) in [5.74, 6) is -1.46. The molecular weight excluding hydrogens is 329 g/mol. The van der Waals surface area contributed by atoms with Crippen LogP contribution in [0.25, 0.3) is 0 Å². The molecular formula is C13H14FN3O5S. The van der Waals surface area contributed by atoms with Crippen molar-refractivity contribution in [3.05, 3.63) is 39.7 Å². The van der Waals surface area contributed by atoms with Crippen LogP contribution in [0.2, 0.25) is 0 Å². The van der Waals surface area contributed by atoms with E-state index in [-0.39, 0.29) is 29.9 Å². The van der Waals surface area contributed by atoms with E-state index in [2.05, 4.69) is 4.99 Å². The maximum Gasteiger partial charge on any atom is 0.269 e. The lowest BCUT2D eigenvalue weighted by Crippen LogP contribution is -2.63. The molecule has 0 aromatic heterocycles. The lowest BCUT2D eigenvalue weighted by molar-refractivity contribution is -0.385. The van der Waals surface area contributed by atoms with Crippen molar-refractivity contribution in [1.82, 2.24) is 0 Å². The second-order valence-corrected chi connectivity index (χ2v) is 8.18. The number of aliphatic hydroxyl groups excluding tert-OH is 1. The van der Waals surface area contributed by atoms with Gasteiger partial charge in [-0.3, -0.25) is 15.1 Å². The van der Waals surface area contributed by atoms with Gasteiger partial charge in [0, 0.05) is 30.5 Å². The van der Waals surface area contributed by atoms with E-state index in [9.17, 15) is 28.0 Å². The topological polar surface area (TPSA) is 136 Å². The molecule has 0 unspecified atom stereocenters. The Hall–Kier alpha value is -2.07. The number of halogens is 1. The predicted molar refractivity (Wildman–Crippen MR) is 79.2 cm³/mol. The zero-order chi connectivity index (χ0) is 17.0. The van der Waals surface area contributed by atoms with Crippen LogP contribution in [0.5, 0.6) is 0 Å². The first-order chi connectivity index (χ1) is 10.7. The first-order valence-electron chi connectivity index (χ1n) is 6.84. The van der Waals surface area contributed by atoms with Crippen LogP contribution in [0.1, 0.15) is 24.4 Å². The van der Waals surface area contributed by atoms with Crippen LogP contribution in [-0.4, -0.2) is 40.9 Å². The van der Waals surface area contributed by atoms with Gasteiger partial charge in [-0.25, -0.2) is 12.8 Å². The lowest BCUT2D eigenvalue weighted by Gasteiger charge is -2.46. The second kappa shape index (κ2) is 4.96. The highest BCUT2D eigenvalue weighted by Gasteiger charge is 2.59. The summed E-state index contributed by atoms with van der Waals surface area (Å²) < 4.78 is 37.6. The van der Waals surface area contributed by atoms with E-state index in [0.29, 0.717) is 0 Å². The zero-order valence-electron chi connectivity index (χ0n) is 11.8. The molecule has 0 radical (unpaired) electrons. The first kappa shape index (κ1) is 15.8. The molecule has 1 fully saturated rings. The van der Waals surface area contributed by atoms with Gasteiger partial charge in [-0.05, 0) is 6.07 Å². The molecule has 0 bridgehead atoms. The Kier molecular flexibility index (Phi) is 3.41. The third-order valence-electron chi connectivity index (χ3n) is 4.41. The standard InChI is InChI=1S/C13H14FN3O5S/c14-10-2-1-7(17(19)20)3-9(10)11-6-23(21,22)13(12(15)16-11)4-8(18)5-13/h1-3,8,11,18H,4-6H2,(H2,15,16)/t8?,11-,13?/m0/s1. The third kappa shape index (κ3) is 2.29.